The Labute approximate surface area is 180 Å². The summed E-state index contributed by atoms with van der Waals surface area (Å²) in [5.74, 6) is 8.34. The van der Waals surface area contributed by atoms with Crippen molar-refractivity contribution >= 4 is 11.0 Å². The summed E-state index contributed by atoms with van der Waals surface area (Å²) >= 11 is 0. The molecule has 6 heteroatoms. The van der Waals surface area contributed by atoms with Gasteiger partial charge in [-0.2, -0.15) is 0 Å². The molecule has 0 saturated heterocycles. The summed E-state index contributed by atoms with van der Waals surface area (Å²) in [4.78, 5) is 4.70. The van der Waals surface area contributed by atoms with E-state index in [9.17, 15) is 4.39 Å². The predicted octanol–water partition coefficient (Wildman–Crippen LogP) is 4.65. The van der Waals surface area contributed by atoms with E-state index >= 15 is 0 Å². The minimum absolute atomic E-state index is 0.266. The summed E-state index contributed by atoms with van der Waals surface area (Å²) in [6, 6.07) is 17.8. The van der Waals surface area contributed by atoms with Gasteiger partial charge in [-0.15, -0.1) is 0 Å². The average molecular weight is 416 g/mol. The molecule has 3 aromatic carbocycles. The fraction of sp³-hybridized carbons (Fsp3) is 0.160. The Morgan fingerprint density at radius 3 is 2.19 bits per heavy atom. The lowest BCUT2D eigenvalue weighted by Crippen LogP contribution is -2.03. The third kappa shape index (κ3) is 4.17. The smallest absolute Gasteiger partial charge is 0.187 e. The second kappa shape index (κ2) is 8.80. The molecule has 0 N–H and O–H groups in total. The Kier molecular flexibility index (Phi) is 5.76. The molecule has 4 aromatic rings. The number of halogens is 1. The van der Waals surface area contributed by atoms with Gasteiger partial charge in [0.2, 0.25) is 0 Å². The van der Waals surface area contributed by atoms with Crippen molar-refractivity contribution in [2.45, 2.75) is 6.54 Å². The van der Waals surface area contributed by atoms with E-state index in [0.29, 0.717) is 35.2 Å². The van der Waals surface area contributed by atoms with E-state index in [1.807, 2.05) is 28.8 Å². The molecule has 31 heavy (non-hydrogen) atoms. The molecule has 0 aliphatic carbocycles. The Bertz CT molecular complexity index is 1260. The number of ether oxygens (including phenoxy) is 3. The molecule has 0 fully saturated rings. The van der Waals surface area contributed by atoms with Crippen LogP contribution in [0.1, 0.15) is 17.0 Å². The Morgan fingerprint density at radius 2 is 1.55 bits per heavy atom. The molecule has 0 saturated carbocycles. The number of imidazole rings is 1. The lowest BCUT2D eigenvalue weighted by atomic mass is 10.1. The summed E-state index contributed by atoms with van der Waals surface area (Å²) in [6.45, 7) is 0.516. The zero-order chi connectivity index (χ0) is 21.8. The van der Waals surface area contributed by atoms with Gasteiger partial charge in [0.15, 0.2) is 5.82 Å². The highest BCUT2D eigenvalue weighted by Gasteiger charge is 2.13. The van der Waals surface area contributed by atoms with Crippen molar-refractivity contribution in [1.29, 1.82) is 0 Å². The number of hydrogen-bond acceptors (Lipinski definition) is 4. The quantitative estimate of drug-likeness (QED) is 0.445. The zero-order valence-corrected chi connectivity index (χ0v) is 17.5. The maximum absolute atomic E-state index is 13.3. The molecule has 4 rings (SSSR count). The molecule has 0 aliphatic heterocycles. The second-order valence-electron chi connectivity index (χ2n) is 6.79. The van der Waals surface area contributed by atoms with Gasteiger partial charge in [-0.05, 0) is 35.7 Å². The zero-order valence-electron chi connectivity index (χ0n) is 17.5. The number of aromatic nitrogens is 2. The molecule has 1 aromatic heterocycles. The van der Waals surface area contributed by atoms with Crippen LogP contribution >= 0.6 is 0 Å². The summed E-state index contributed by atoms with van der Waals surface area (Å²) < 4.78 is 31.6. The summed E-state index contributed by atoms with van der Waals surface area (Å²) in [5, 5.41) is 0. The van der Waals surface area contributed by atoms with Gasteiger partial charge in [0.05, 0.1) is 38.9 Å². The largest absolute Gasteiger partial charge is 0.496 e. The molecule has 5 nitrogen and oxygen atoms in total. The molecule has 0 spiro atoms. The number of para-hydroxylation sites is 2. The molecule has 0 aliphatic rings. The Balaban J connectivity index is 1.82. The average Bonchev–Trinajstić information content (AvgIpc) is 3.15. The van der Waals surface area contributed by atoms with E-state index in [-0.39, 0.29) is 5.82 Å². The van der Waals surface area contributed by atoms with Gasteiger partial charge in [0.25, 0.3) is 0 Å². The third-order valence-electron chi connectivity index (χ3n) is 4.92. The molecule has 0 amide bonds. The molecule has 1 heterocycles. The number of rotatable bonds is 5. The van der Waals surface area contributed by atoms with Gasteiger partial charge in [0.1, 0.15) is 28.6 Å². The van der Waals surface area contributed by atoms with E-state index < -0.39 is 0 Å². The van der Waals surface area contributed by atoms with Crippen molar-refractivity contribution in [2.75, 3.05) is 21.3 Å². The van der Waals surface area contributed by atoms with Gasteiger partial charge in [0, 0.05) is 12.1 Å². The van der Waals surface area contributed by atoms with E-state index in [1.165, 1.54) is 12.1 Å². The maximum Gasteiger partial charge on any atom is 0.187 e. The van der Waals surface area contributed by atoms with Crippen LogP contribution in [0.4, 0.5) is 4.39 Å². The van der Waals surface area contributed by atoms with Crippen LogP contribution in [0.15, 0.2) is 60.7 Å². The molecular formula is C25H21FN2O3. The minimum atomic E-state index is -0.266. The Hall–Kier alpha value is -3.98. The molecule has 0 unspecified atom stereocenters. The van der Waals surface area contributed by atoms with Gasteiger partial charge in [-0.1, -0.05) is 30.2 Å². The lowest BCUT2D eigenvalue weighted by molar-refractivity contribution is 0.374. The number of nitrogens with zero attached hydrogens (tertiary/aromatic N) is 2. The van der Waals surface area contributed by atoms with Crippen LogP contribution in [0.2, 0.25) is 0 Å². The van der Waals surface area contributed by atoms with Gasteiger partial charge >= 0.3 is 0 Å². The van der Waals surface area contributed by atoms with Crippen molar-refractivity contribution in [1.82, 2.24) is 9.55 Å². The van der Waals surface area contributed by atoms with E-state index in [0.717, 1.165) is 16.6 Å². The summed E-state index contributed by atoms with van der Waals surface area (Å²) in [5.41, 5.74) is 3.34. The van der Waals surface area contributed by atoms with Crippen molar-refractivity contribution < 1.29 is 18.6 Å². The van der Waals surface area contributed by atoms with Crippen LogP contribution in [-0.2, 0) is 6.54 Å². The van der Waals surface area contributed by atoms with Crippen LogP contribution in [0.25, 0.3) is 11.0 Å². The normalized spacial score (nSPS) is 10.5. The fourth-order valence-corrected chi connectivity index (χ4v) is 3.35. The SMILES string of the molecule is COc1cc(OC)c(C#Cc2nc3ccccc3n2Cc2ccc(F)cc2)c(OC)c1. The van der Waals surface area contributed by atoms with Crippen molar-refractivity contribution in [3.05, 3.63) is 83.4 Å². The molecule has 0 radical (unpaired) electrons. The molecule has 0 atom stereocenters. The van der Waals surface area contributed by atoms with Crippen molar-refractivity contribution in [3.63, 3.8) is 0 Å². The highest BCUT2D eigenvalue weighted by Crippen LogP contribution is 2.33. The third-order valence-corrected chi connectivity index (χ3v) is 4.92. The van der Waals surface area contributed by atoms with Gasteiger partial charge in [-0.3, -0.25) is 0 Å². The number of methoxy groups -OCH3 is 3. The first-order chi connectivity index (χ1) is 15.1. The van der Waals surface area contributed by atoms with Crippen LogP contribution in [0.5, 0.6) is 17.2 Å². The number of benzene rings is 3. The van der Waals surface area contributed by atoms with E-state index in [1.54, 1.807) is 45.6 Å². The van der Waals surface area contributed by atoms with Crippen molar-refractivity contribution in [2.24, 2.45) is 0 Å². The van der Waals surface area contributed by atoms with Crippen LogP contribution < -0.4 is 14.2 Å². The molecular weight excluding hydrogens is 395 g/mol. The second-order valence-corrected chi connectivity index (χ2v) is 6.79. The topological polar surface area (TPSA) is 45.5 Å². The van der Waals surface area contributed by atoms with Crippen LogP contribution in [0, 0.1) is 17.7 Å². The molecule has 156 valence electrons. The lowest BCUT2D eigenvalue weighted by Gasteiger charge is -2.11. The number of hydrogen-bond donors (Lipinski definition) is 0. The minimum Gasteiger partial charge on any atom is -0.496 e. The first-order valence-electron chi connectivity index (χ1n) is 9.64. The van der Waals surface area contributed by atoms with E-state index in [2.05, 4.69) is 11.8 Å². The standard InChI is InChI=1S/C25H21FN2O3/c1-29-19-14-23(30-2)20(24(15-19)31-3)12-13-25-27-21-6-4-5-7-22(21)28(25)16-17-8-10-18(26)11-9-17/h4-11,14-15H,16H2,1-3H3. The number of fused-ring (bicyclic) bond motifs is 1. The van der Waals surface area contributed by atoms with Crippen LogP contribution in [0.3, 0.4) is 0 Å². The van der Waals surface area contributed by atoms with Gasteiger partial charge < -0.3 is 18.8 Å². The molecule has 0 bridgehead atoms. The fourth-order valence-electron chi connectivity index (χ4n) is 3.35. The monoisotopic (exact) mass is 416 g/mol. The van der Waals surface area contributed by atoms with Crippen LogP contribution in [-0.4, -0.2) is 30.9 Å². The van der Waals surface area contributed by atoms with Crippen molar-refractivity contribution in [3.8, 4) is 29.1 Å². The van der Waals surface area contributed by atoms with E-state index in [4.69, 9.17) is 19.2 Å². The highest BCUT2D eigenvalue weighted by molar-refractivity contribution is 5.77. The maximum atomic E-state index is 13.3. The highest BCUT2D eigenvalue weighted by atomic mass is 19.1. The predicted molar refractivity (Wildman–Crippen MR) is 117 cm³/mol. The summed E-state index contributed by atoms with van der Waals surface area (Å²) in [6.07, 6.45) is 0. The Morgan fingerprint density at radius 1 is 0.871 bits per heavy atom. The first-order valence-corrected chi connectivity index (χ1v) is 9.64. The van der Waals surface area contributed by atoms with Gasteiger partial charge in [-0.25, -0.2) is 9.37 Å². The first kappa shape index (κ1) is 20.3. The summed E-state index contributed by atoms with van der Waals surface area (Å²) in [7, 11) is 4.73.